The van der Waals surface area contributed by atoms with Gasteiger partial charge in [0.2, 0.25) is 0 Å². The highest BCUT2D eigenvalue weighted by Gasteiger charge is 2.17. The van der Waals surface area contributed by atoms with Crippen LogP contribution in [0.4, 0.5) is 14.5 Å². The van der Waals surface area contributed by atoms with E-state index in [1.165, 1.54) is 36.4 Å². The van der Waals surface area contributed by atoms with Gasteiger partial charge < -0.3 is 5.73 Å². The summed E-state index contributed by atoms with van der Waals surface area (Å²) in [6.45, 7) is 0. The summed E-state index contributed by atoms with van der Waals surface area (Å²) >= 11 is 0. The fourth-order valence-corrected chi connectivity index (χ4v) is 2.94. The molecule has 0 saturated carbocycles. The number of sulfone groups is 1. The molecule has 19 heavy (non-hydrogen) atoms. The van der Waals surface area contributed by atoms with E-state index in [-0.39, 0.29) is 16.3 Å². The van der Waals surface area contributed by atoms with Crippen molar-refractivity contribution in [3.05, 3.63) is 59.7 Å². The van der Waals surface area contributed by atoms with E-state index >= 15 is 0 Å². The van der Waals surface area contributed by atoms with E-state index < -0.39 is 21.5 Å². The summed E-state index contributed by atoms with van der Waals surface area (Å²) in [7, 11) is -3.68. The van der Waals surface area contributed by atoms with Gasteiger partial charge in [-0.15, -0.1) is 0 Å². The second kappa shape index (κ2) is 4.97. The molecule has 0 atom stereocenters. The molecule has 0 fully saturated rings. The zero-order chi connectivity index (χ0) is 14.0. The Morgan fingerprint density at radius 2 is 1.63 bits per heavy atom. The summed E-state index contributed by atoms with van der Waals surface area (Å²) in [5, 5.41) is 0. The Bertz CT molecular complexity index is 697. The van der Waals surface area contributed by atoms with E-state index in [0.29, 0.717) is 5.56 Å². The summed E-state index contributed by atoms with van der Waals surface area (Å²) in [5.74, 6) is -1.55. The number of anilines is 1. The molecule has 100 valence electrons. The van der Waals surface area contributed by atoms with Crippen LogP contribution in [0.5, 0.6) is 0 Å². The van der Waals surface area contributed by atoms with Gasteiger partial charge in [0.15, 0.2) is 9.84 Å². The number of nitrogens with two attached hydrogens (primary N) is 1. The second-order valence-electron chi connectivity index (χ2n) is 4.07. The molecule has 6 heteroatoms. The van der Waals surface area contributed by atoms with Crippen LogP contribution in [0.25, 0.3) is 0 Å². The number of hydrogen-bond acceptors (Lipinski definition) is 3. The van der Waals surface area contributed by atoms with Gasteiger partial charge in [-0.05, 0) is 35.9 Å². The Hall–Kier alpha value is -1.95. The van der Waals surface area contributed by atoms with Crippen LogP contribution in [-0.2, 0) is 15.6 Å². The molecule has 0 amide bonds. The van der Waals surface area contributed by atoms with Crippen molar-refractivity contribution in [2.24, 2.45) is 0 Å². The van der Waals surface area contributed by atoms with Crippen LogP contribution in [-0.4, -0.2) is 8.42 Å². The van der Waals surface area contributed by atoms with Crippen molar-refractivity contribution in [3.8, 4) is 0 Å². The number of halogens is 2. The van der Waals surface area contributed by atoms with Crippen molar-refractivity contribution in [1.29, 1.82) is 0 Å². The first-order chi connectivity index (χ1) is 8.88. The third kappa shape index (κ3) is 3.08. The normalized spacial score (nSPS) is 11.5. The van der Waals surface area contributed by atoms with Gasteiger partial charge in [0.25, 0.3) is 0 Å². The van der Waals surface area contributed by atoms with Crippen LogP contribution >= 0.6 is 0 Å². The predicted octanol–water partition coefficient (Wildman–Crippen LogP) is 2.52. The van der Waals surface area contributed by atoms with E-state index in [1.54, 1.807) is 0 Å². The highest BCUT2D eigenvalue weighted by molar-refractivity contribution is 7.90. The van der Waals surface area contributed by atoms with Crippen molar-refractivity contribution >= 4 is 15.5 Å². The van der Waals surface area contributed by atoms with E-state index in [0.717, 1.165) is 6.07 Å². The van der Waals surface area contributed by atoms with E-state index in [2.05, 4.69) is 0 Å². The molecule has 0 saturated heterocycles. The maximum absolute atomic E-state index is 13.3. The molecule has 3 nitrogen and oxygen atoms in total. The van der Waals surface area contributed by atoms with Gasteiger partial charge in [-0.25, -0.2) is 17.2 Å². The van der Waals surface area contributed by atoms with E-state index in [4.69, 9.17) is 5.73 Å². The Kier molecular flexibility index (Phi) is 3.53. The minimum absolute atomic E-state index is 0.110. The van der Waals surface area contributed by atoms with Gasteiger partial charge in [0.1, 0.15) is 11.6 Å². The molecular weight excluding hydrogens is 272 g/mol. The molecule has 0 unspecified atom stereocenters. The van der Waals surface area contributed by atoms with Crippen molar-refractivity contribution in [2.45, 2.75) is 10.6 Å². The SMILES string of the molecule is Nc1ccc(S(=O)(=O)Cc2ccc(F)cc2)cc1F. The Balaban J connectivity index is 2.32. The van der Waals surface area contributed by atoms with Crippen LogP contribution in [0, 0.1) is 11.6 Å². The third-order valence-corrected chi connectivity index (χ3v) is 4.29. The van der Waals surface area contributed by atoms with Crippen LogP contribution in [0.2, 0.25) is 0 Å². The van der Waals surface area contributed by atoms with Crippen LogP contribution < -0.4 is 5.73 Å². The van der Waals surface area contributed by atoms with Gasteiger partial charge in [0.05, 0.1) is 16.3 Å². The first-order valence-corrected chi connectivity index (χ1v) is 7.06. The van der Waals surface area contributed by atoms with Gasteiger partial charge >= 0.3 is 0 Å². The molecule has 2 aromatic rings. The maximum atomic E-state index is 13.3. The second-order valence-corrected chi connectivity index (χ2v) is 6.06. The van der Waals surface area contributed by atoms with Gasteiger partial charge in [-0.1, -0.05) is 12.1 Å². The first kappa shape index (κ1) is 13.5. The fraction of sp³-hybridized carbons (Fsp3) is 0.0769. The van der Waals surface area contributed by atoms with Crippen LogP contribution in [0.15, 0.2) is 47.4 Å². The Morgan fingerprint density at radius 1 is 1.00 bits per heavy atom. The average molecular weight is 283 g/mol. The lowest BCUT2D eigenvalue weighted by Crippen LogP contribution is -2.06. The van der Waals surface area contributed by atoms with Crippen molar-refractivity contribution in [3.63, 3.8) is 0 Å². The summed E-state index contributed by atoms with van der Waals surface area (Å²) in [6, 6.07) is 8.43. The number of nitrogen functional groups attached to an aromatic ring is 1. The maximum Gasteiger partial charge on any atom is 0.182 e. The predicted molar refractivity (Wildman–Crippen MR) is 68.1 cm³/mol. The molecule has 0 heterocycles. The number of hydrogen-bond donors (Lipinski definition) is 1. The Morgan fingerprint density at radius 3 is 2.21 bits per heavy atom. The number of benzene rings is 2. The summed E-state index contributed by atoms with van der Waals surface area (Å²) in [4.78, 5) is -0.150. The van der Waals surface area contributed by atoms with E-state index in [1.807, 2.05) is 0 Å². The quantitative estimate of drug-likeness (QED) is 0.880. The molecule has 2 rings (SSSR count). The smallest absolute Gasteiger partial charge is 0.182 e. The van der Waals surface area contributed by atoms with E-state index in [9.17, 15) is 17.2 Å². The summed E-state index contributed by atoms with van der Waals surface area (Å²) < 4.78 is 50.1. The Labute approximate surface area is 109 Å². The molecule has 0 aliphatic carbocycles. The average Bonchev–Trinajstić information content (AvgIpc) is 2.35. The lowest BCUT2D eigenvalue weighted by molar-refractivity contribution is 0.590. The molecule has 0 aliphatic heterocycles. The third-order valence-electron chi connectivity index (χ3n) is 2.60. The monoisotopic (exact) mass is 283 g/mol. The summed E-state index contributed by atoms with van der Waals surface area (Å²) in [5.41, 5.74) is 5.61. The molecule has 0 radical (unpaired) electrons. The molecule has 2 N–H and O–H groups in total. The minimum Gasteiger partial charge on any atom is -0.396 e. The minimum atomic E-state index is -3.68. The number of rotatable bonds is 3. The lowest BCUT2D eigenvalue weighted by Gasteiger charge is -2.06. The topological polar surface area (TPSA) is 60.2 Å². The van der Waals surface area contributed by atoms with Crippen molar-refractivity contribution in [2.75, 3.05) is 5.73 Å². The highest BCUT2D eigenvalue weighted by atomic mass is 32.2. The molecular formula is C13H11F2NO2S. The van der Waals surface area contributed by atoms with Crippen molar-refractivity contribution in [1.82, 2.24) is 0 Å². The zero-order valence-corrected chi connectivity index (χ0v) is 10.6. The molecule has 0 aromatic heterocycles. The molecule has 0 spiro atoms. The van der Waals surface area contributed by atoms with Crippen LogP contribution in [0.3, 0.4) is 0 Å². The molecule has 2 aromatic carbocycles. The largest absolute Gasteiger partial charge is 0.396 e. The fourth-order valence-electron chi connectivity index (χ4n) is 1.58. The summed E-state index contributed by atoms with van der Waals surface area (Å²) in [6.07, 6.45) is 0. The van der Waals surface area contributed by atoms with Gasteiger partial charge in [0, 0.05) is 0 Å². The lowest BCUT2D eigenvalue weighted by atomic mass is 10.2. The molecule has 0 bridgehead atoms. The first-order valence-electron chi connectivity index (χ1n) is 5.41. The zero-order valence-electron chi connectivity index (χ0n) is 9.81. The van der Waals surface area contributed by atoms with Crippen LogP contribution in [0.1, 0.15) is 5.56 Å². The standard InChI is InChI=1S/C13H11F2NO2S/c14-10-3-1-9(2-4-10)8-19(17,18)11-5-6-13(16)12(15)7-11/h1-7H,8,16H2. The molecule has 0 aliphatic rings. The van der Waals surface area contributed by atoms with Gasteiger partial charge in [-0.2, -0.15) is 0 Å². The van der Waals surface area contributed by atoms with Crippen molar-refractivity contribution < 1.29 is 17.2 Å². The highest BCUT2D eigenvalue weighted by Crippen LogP contribution is 2.20. The van der Waals surface area contributed by atoms with Gasteiger partial charge in [-0.3, -0.25) is 0 Å².